The Morgan fingerprint density at radius 1 is 1.25 bits per heavy atom. The van der Waals surface area contributed by atoms with E-state index in [0.717, 1.165) is 0 Å². The fraction of sp³-hybridized carbons (Fsp3) is 0.333. The Morgan fingerprint density at radius 2 is 1.92 bits per heavy atom. The molecule has 0 saturated heterocycles. The van der Waals surface area contributed by atoms with Crippen LogP contribution in [0, 0.1) is 18.6 Å². The molecule has 12 heavy (non-hydrogen) atoms. The second-order valence-corrected chi connectivity index (χ2v) is 2.73. The number of hydrogen-bond acceptors (Lipinski definition) is 1. The largest absolute Gasteiger partial charge is 0.330 e. The molecule has 3 heteroatoms. The smallest absolute Gasteiger partial charge is 0.126 e. The molecular formula is C9H11F2N. The van der Waals surface area contributed by atoms with Crippen LogP contribution >= 0.6 is 0 Å². The van der Waals surface area contributed by atoms with Crippen molar-refractivity contribution in [3.8, 4) is 0 Å². The second kappa shape index (κ2) is 3.63. The monoisotopic (exact) mass is 171 g/mol. The first kappa shape index (κ1) is 9.13. The topological polar surface area (TPSA) is 26.0 Å². The van der Waals surface area contributed by atoms with E-state index < -0.39 is 0 Å². The van der Waals surface area contributed by atoms with Crippen molar-refractivity contribution in [1.82, 2.24) is 0 Å². The quantitative estimate of drug-likeness (QED) is 0.721. The maximum Gasteiger partial charge on any atom is 0.126 e. The van der Waals surface area contributed by atoms with Crippen molar-refractivity contribution in [3.63, 3.8) is 0 Å². The van der Waals surface area contributed by atoms with Crippen LogP contribution < -0.4 is 5.73 Å². The molecule has 66 valence electrons. The van der Waals surface area contributed by atoms with Crippen molar-refractivity contribution >= 4 is 0 Å². The summed E-state index contributed by atoms with van der Waals surface area (Å²) in [6.45, 7) is 1.87. The van der Waals surface area contributed by atoms with Crippen LogP contribution in [-0.2, 0) is 6.42 Å². The highest BCUT2D eigenvalue weighted by atomic mass is 19.1. The van der Waals surface area contributed by atoms with Crippen LogP contribution in [-0.4, -0.2) is 6.54 Å². The van der Waals surface area contributed by atoms with Gasteiger partial charge in [0.05, 0.1) is 0 Å². The van der Waals surface area contributed by atoms with E-state index >= 15 is 0 Å². The molecule has 0 atom stereocenters. The molecule has 0 unspecified atom stereocenters. The molecule has 0 saturated carbocycles. The molecular weight excluding hydrogens is 160 g/mol. The number of aryl methyl sites for hydroxylation is 1. The molecule has 0 spiro atoms. The summed E-state index contributed by atoms with van der Waals surface area (Å²) < 4.78 is 25.9. The first-order valence-corrected chi connectivity index (χ1v) is 3.79. The van der Waals surface area contributed by atoms with Gasteiger partial charge in [-0.3, -0.25) is 0 Å². The lowest BCUT2D eigenvalue weighted by Crippen LogP contribution is -2.05. The highest BCUT2D eigenvalue weighted by Gasteiger charge is 2.05. The van der Waals surface area contributed by atoms with Crippen LogP contribution in [0.3, 0.4) is 0 Å². The zero-order chi connectivity index (χ0) is 9.14. The van der Waals surface area contributed by atoms with Crippen molar-refractivity contribution in [3.05, 3.63) is 34.9 Å². The molecule has 1 aromatic rings. The molecule has 0 aliphatic heterocycles. The molecule has 1 aromatic carbocycles. The standard InChI is InChI=1S/C9H11F2N/c1-6-4-9(11)7(2-3-12)5-8(6)10/h4-5H,2-3,12H2,1H3. The van der Waals surface area contributed by atoms with E-state index in [2.05, 4.69) is 0 Å². The Kier molecular flexibility index (Phi) is 2.76. The fourth-order valence-electron chi connectivity index (χ4n) is 1.03. The molecule has 0 aliphatic rings. The third-order valence-electron chi connectivity index (χ3n) is 1.74. The Balaban J connectivity index is 3.05. The summed E-state index contributed by atoms with van der Waals surface area (Å²) in [6.07, 6.45) is 0.378. The maximum atomic E-state index is 13.0. The maximum absolute atomic E-state index is 13.0. The molecule has 1 nitrogen and oxygen atoms in total. The molecule has 2 N–H and O–H groups in total. The number of nitrogens with two attached hydrogens (primary N) is 1. The number of halogens is 2. The van der Waals surface area contributed by atoms with Gasteiger partial charge >= 0.3 is 0 Å². The third kappa shape index (κ3) is 1.80. The van der Waals surface area contributed by atoms with Crippen LogP contribution in [0.1, 0.15) is 11.1 Å². The summed E-state index contributed by atoms with van der Waals surface area (Å²) in [5, 5.41) is 0. The van der Waals surface area contributed by atoms with E-state index in [0.29, 0.717) is 24.1 Å². The van der Waals surface area contributed by atoms with E-state index in [1.54, 1.807) is 0 Å². The summed E-state index contributed by atoms with van der Waals surface area (Å²) in [5.74, 6) is -0.751. The van der Waals surface area contributed by atoms with Gasteiger partial charge in [0, 0.05) is 0 Å². The highest BCUT2D eigenvalue weighted by Crippen LogP contribution is 2.13. The zero-order valence-corrected chi connectivity index (χ0v) is 6.90. The first-order chi connectivity index (χ1) is 5.65. The van der Waals surface area contributed by atoms with Gasteiger partial charge < -0.3 is 5.73 Å². The van der Waals surface area contributed by atoms with E-state index in [1.165, 1.54) is 19.1 Å². The van der Waals surface area contributed by atoms with Gasteiger partial charge in [-0.1, -0.05) is 0 Å². The van der Waals surface area contributed by atoms with Gasteiger partial charge in [-0.15, -0.1) is 0 Å². The minimum absolute atomic E-state index is 0.327. The van der Waals surface area contributed by atoms with Gasteiger partial charge in [0.15, 0.2) is 0 Å². The lowest BCUT2D eigenvalue weighted by molar-refractivity contribution is 0.578. The molecule has 0 aromatic heterocycles. The van der Waals surface area contributed by atoms with E-state index in [9.17, 15) is 8.78 Å². The molecule has 0 aliphatic carbocycles. The molecule has 0 heterocycles. The minimum atomic E-state index is -0.376. The van der Waals surface area contributed by atoms with Crippen molar-refractivity contribution < 1.29 is 8.78 Å². The molecule has 0 fully saturated rings. The van der Waals surface area contributed by atoms with E-state index in [1.807, 2.05) is 0 Å². The lowest BCUT2D eigenvalue weighted by atomic mass is 10.1. The first-order valence-electron chi connectivity index (χ1n) is 3.79. The van der Waals surface area contributed by atoms with Gasteiger partial charge in [0.1, 0.15) is 11.6 Å². The average Bonchev–Trinajstić information content (AvgIpc) is 2.01. The summed E-state index contributed by atoms with van der Waals surface area (Å²) in [7, 11) is 0. The Hall–Kier alpha value is -0.960. The van der Waals surface area contributed by atoms with Gasteiger partial charge in [-0.2, -0.15) is 0 Å². The van der Waals surface area contributed by atoms with Gasteiger partial charge in [-0.05, 0) is 43.1 Å². The van der Waals surface area contributed by atoms with Crippen molar-refractivity contribution in [2.75, 3.05) is 6.54 Å². The number of rotatable bonds is 2. The Morgan fingerprint density at radius 3 is 2.50 bits per heavy atom. The normalized spacial score (nSPS) is 10.3. The zero-order valence-electron chi connectivity index (χ0n) is 6.90. The van der Waals surface area contributed by atoms with Crippen molar-refractivity contribution in [2.24, 2.45) is 5.73 Å². The minimum Gasteiger partial charge on any atom is -0.330 e. The number of hydrogen-bond donors (Lipinski definition) is 1. The average molecular weight is 171 g/mol. The van der Waals surface area contributed by atoms with Gasteiger partial charge in [-0.25, -0.2) is 8.78 Å². The van der Waals surface area contributed by atoms with Crippen LogP contribution in [0.2, 0.25) is 0 Å². The molecule has 0 amide bonds. The van der Waals surface area contributed by atoms with E-state index in [4.69, 9.17) is 5.73 Å². The van der Waals surface area contributed by atoms with E-state index in [-0.39, 0.29) is 11.6 Å². The second-order valence-electron chi connectivity index (χ2n) is 2.73. The summed E-state index contributed by atoms with van der Waals surface area (Å²) in [6, 6.07) is 2.40. The summed E-state index contributed by atoms with van der Waals surface area (Å²) in [4.78, 5) is 0. The van der Waals surface area contributed by atoms with Gasteiger partial charge in [0.25, 0.3) is 0 Å². The molecule has 0 bridgehead atoms. The van der Waals surface area contributed by atoms with Crippen LogP contribution in [0.25, 0.3) is 0 Å². The number of benzene rings is 1. The molecule has 1 rings (SSSR count). The highest BCUT2D eigenvalue weighted by molar-refractivity contribution is 5.25. The fourth-order valence-corrected chi connectivity index (χ4v) is 1.03. The predicted molar refractivity (Wildman–Crippen MR) is 43.9 cm³/mol. The Bertz CT molecular complexity index is 284. The van der Waals surface area contributed by atoms with Crippen molar-refractivity contribution in [2.45, 2.75) is 13.3 Å². The van der Waals surface area contributed by atoms with Crippen LogP contribution in [0.5, 0.6) is 0 Å². The lowest BCUT2D eigenvalue weighted by Gasteiger charge is -2.03. The van der Waals surface area contributed by atoms with Crippen LogP contribution in [0.4, 0.5) is 8.78 Å². The molecule has 0 radical (unpaired) electrons. The van der Waals surface area contributed by atoms with Crippen LogP contribution in [0.15, 0.2) is 12.1 Å². The van der Waals surface area contributed by atoms with Gasteiger partial charge in [0.2, 0.25) is 0 Å². The Labute approximate surface area is 70.2 Å². The summed E-state index contributed by atoms with van der Waals surface area (Å²) in [5.41, 5.74) is 5.90. The van der Waals surface area contributed by atoms with Crippen molar-refractivity contribution in [1.29, 1.82) is 0 Å². The SMILES string of the molecule is Cc1cc(F)c(CCN)cc1F. The third-order valence-corrected chi connectivity index (χ3v) is 1.74. The predicted octanol–water partition coefficient (Wildman–Crippen LogP) is 1.77. The summed E-state index contributed by atoms with van der Waals surface area (Å²) >= 11 is 0.